The molecule has 1 aromatic rings. The van der Waals surface area contributed by atoms with Crippen LogP contribution in [0.5, 0.6) is 5.75 Å². The highest BCUT2D eigenvalue weighted by molar-refractivity contribution is 5.34. The van der Waals surface area contributed by atoms with Crippen LogP contribution in [0.25, 0.3) is 0 Å². The molecule has 1 aromatic carbocycles. The third kappa shape index (κ3) is 4.64. The van der Waals surface area contributed by atoms with Crippen LogP contribution in [0.15, 0.2) is 24.3 Å². The highest BCUT2D eigenvalue weighted by Crippen LogP contribution is 2.24. The third-order valence-corrected chi connectivity index (χ3v) is 2.45. The quantitative estimate of drug-likeness (QED) is 0.724. The summed E-state index contributed by atoms with van der Waals surface area (Å²) in [6, 6.07) is 7.42. The summed E-state index contributed by atoms with van der Waals surface area (Å²) in [5.41, 5.74) is 0.768. The summed E-state index contributed by atoms with van der Waals surface area (Å²) in [4.78, 5) is 0. The Bertz CT molecular complexity index is 332. The lowest BCUT2D eigenvalue weighted by Gasteiger charge is -2.19. The summed E-state index contributed by atoms with van der Waals surface area (Å²) in [5, 5.41) is 9.63. The van der Waals surface area contributed by atoms with Crippen molar-refractivity contribution < 1.29 is 19.3 Å². The maximum absolute atomic E-state index is 9.63. The van der Waals surface area contributed by atoms with Gasteiger partial charge in [-0.3, -0.25) is 0 Å². The van der Waals surface area contributed by atoms with Gasteiger partial charge >= 0.3 is 0 Å². The van der Waals surface area contributed by atoms with Crippen LogP contribution in [0.1, 0.15) is 32.4 Å². The molecule has 0 aromatic heterocycles. The van der Waals surface area contributed by atoms with Crippen molar-refractivity contribution in [2.75, 3.05) is 19.8 Å². The second kappa shape index (κ2) is 8.08. The number of aliphatic hydroxyl groups excluding tert-OH is 1. The van der Waals surface area contributed by atoms with E-state index in [1.807, 2.05) is 38.1 Å². The zero-order valence-corrected chi connectivity index (χ0v) is 11.3. The van der Waals surface area contributed by atoms with Crippen LogP contribution in [0.2, 0.25) is 0 Å². The lowest BCUT2D eigenvalue weighted by molar-refractivity contribution is -0.152. The molecule has 0 amide bonds. The van der Waals surface area contributed by atoms with E-state index >= 15 is 0 Å². The third-order valence-electron chi connectivity index (χ3n) is 2.45. The SMILES string of the molecule is CCOC(COc1ccccc1[C@H](C)O)OCC. The first kappa shape index (κ1) is 15.0. The number of hydrogen-bond donors (Lipinski definition) is 1. The van der Waals surface area contributed by atoms with Crippen LogP contribution in [0, 0.1) is 0 Å². The molecule has 0 spiro atoms. The van der Waals surface area contributed by atoms with Crippen LogP contribution >= 0.6 is 0 Å². The van der Waals surface area contributed by atoms with Gasteiger partial charge in [0.05, 0.1) is 6.10 Å². The first-order chi connectivity index (χ1) is 8.69. The van der Waals surface area contributed by atoms with Crippen LogP contribution < -0.4 is 4.74 Å². The molecule has 0 bridgehead atoms. The Kier molecular flexibility index (Phi) is 6.72. The zero-order valence-electron chi connectivity index (χ0n) is 11.3. The van der Waals surface area contributed by atoms with Gasteiger partial charge in [-0.15, -0.1) is 0 Å². The van der Waals surface area contributed by atoms with Crippen LogP contribution in [0.4, 0.5) is 0 Å². The minimum Gasteiger partial charge on any atom is -0.488 e. The molecule has 0 radical (unpaired) electrons. The predicted octanol–water partition coefficient (Wildman–Crippen LogP) is 2.52. The number of benzene rings is 1. The molecule has 0 aliphatic carbocycles. The first-order valence-corrected chi connectivity index (χ1v) is 6.32. The van der Waals surface area contributed by atoms with Gasteiger partial charge in [0.1, 0.15) is 12.4 Å². The highest BCUT2D eigenvalue weighted by Gasteiger charge is 2.12. The number of ether oxygens (including phenoxy) is 3. The maximum Gasteiger partial charge on any atom is 0.191 e. The summed E-state index contributed by atoms with van der Waals surface area (Å²) >= 11 is 0. The van der Waals surface area contributed by atoms with E-state index in [9.17, 15) is 5.11 Å². The molecule has 0 fully saturated rings. The Morgan fingerprint density at radius 2 is 1.72 bits per heavy atom. The molecule has 1 N–H and O–H groups in total. The molecule has 4 heteroatoms. The van der Waals surface area contributed by atoms with Crippen molar-refractivity contribution in [3.05, 3.63) is 29.8 Å². The van der Waals surface area contributed by atoms with Gasteiger partial charge in [-0.2, -0.15) is 0 Å². The fourth-order valence-corrected chi connectivity index (χ4v) is 1.63. The Morgan fingerprint density at radius 1 is 1.11 bits per heavy atom. The molecular formula is C14H22O4. The minimum atomic E-state index is -0.557. The monoisotopic (exact) mass is 254 g/mol. The van der Waals surface area contributed by atoms with Crippen molar-refractivity contribution in [1.29, 1.82) is 0 Å². The molecule has 0 saturated heterocycles. The smallest absolute Gasteiger partial charge is 0.191 e. The number of rotatable bonds is 8. The fraction of sp³-hybridized carbons (Fsp3) is 0.571. The second-order valence-electron chi connectivity index (χ2n) is 3.87. The first-order valence-electron chi connectivity index (χ1n) is 6.32. The van der Waals surface area contributed by atoms with Gasteiger partial charge in [0.2, 0.25) is 0 Å². The van der Waals surface area contributed by atoms with E-state index in [1.54, 1.807) is 6.92 Å². The van der Waals surface area contributed by atoms with Crippen LogP contribution in [0.3, 0.4) is 0 Å². The van der Waals surface area contributed by atoms with Gasteiger partial charge in [0.15, 0.2) is 6.29 Å². The van der Waals surface area contributed by atoms with E-state index in [-0.39, 0.29) is 6.29 Å². The summed E-state index contributed by atoms with van der Waals surface area (Å²) in [7, 11) is 0. The molecule has 4 nitrogen and oxygen atoms in total. The lowest BCUT2D eigenvalue weighted by Crippen LogP contribution is -2.25. The maximum atomic E-state index is 9.63. The van der Waals surface area contributed by atoms with E-state index in [0.717, 1.165) is 5.56 Å². The number of para-hydroxylation sites is 1. The molecule has 1 atom stereocenters. The van der Waals surface area contributed by atoms with E-state index in [2.05, 4.69) is 0 Å². The van der Waals surface area contributed by atoms with Crippen LogP contribution in [-0.4, -0.2) is 31.2 Å². The van der Waals surface area contributed by atoms with E-state index in [4.69, 9.17) is 14.2 Å². The summed E-state index contributed by atoms with van der Waals surface area (Å²) in [6.45, 7) is 7.00. The normalized spacial score (nSPS) is 12.7. The van der Waals surface area contributed by atoms with E-state index in [0.29, 0.717) is 25.6 Å². The van der Waals surface area contributed by atoms with E-state index in [1.165, 1.54) is 0 Å². The van der Waals surface area contributed by atoms with Gasteiger partial charge in [-0.1, -0.05) is 18.2 Å². The molecule has 0 aliphatic rings. The zero-order chi connectivity index (χ0) is 13.4. The van der Waals surface area contributed by atoms with Crippen molar-refractivity contribution in [1.82, 2.24) is 0 Å². The lowest BCUT2D eigenvalue weighted by atomic mass is 10.1. The summed E-state index contributed by atoms with van der Waals surface area (Å²) in [5.74, 6) is 0.664. The Balaban J connectivity index is 2.61. The molecule has 0 aliphatic heterocycles. The summed E-state index contributed by atoms with van der Waals surface area (Å²) in [6.07, 6.45) is -0.930. The predicted molar refractivity (Wildman–Crippen MR) is 69.6 cm³/mol. The van der Waals surface area contributed by atoms with Gasteiger partial charge < -0.3 is 19.3 Å². The molecule has 0 saturated carbocycles. The molecule has 1 rings (SSSR count). The Labute approximate surface area is 108 Å². The van der Waals surface area contributed by atoms with E-state index < -0.39 is 6.10 Å². The number of hydrogen-bond acceptors (Lipinski definition) is 4. The van der Waals surface area contributed by atoms with Gasteiger partial charge in [0, 0.05) is 18.8 Å². The molecule has 18 heavy (non-hydrogen) atoms. The summed E-state index contributed by atoms with van der Waals surface area (Å²) < 4.78 is 16.4. The molecule has 0 unspecified atom stereocenters. The van der Waals surface area contributed by atoms with Gasteiger partial charge in [-0.05, 0) is 26.8 Å². The van der Waals surface area contributed by atoms with Gasteiger partial charge in [-0.25, -0.2) is 0 Å². The molecular weight excluding hydrogens is 232 g/mol. The second-order valence-corrected chi connectivity index (χ2v) is 3.87. The highest BCUT2D eigenvalue weighted by atomic mass is 16.7. The van der Waals surface area contributed by atoms with Crippen molar-refractivity contribution in [2.45, 2.75) is 33.2 Å². The van der Waals surface area contributed by atoms with Crippen molar-refractivity contribution in [3.63, 3.8) is 0 Å². The number of aliphatic hydroxyl groups is 1. The average molecular weight is 254 g/mol. The van der Waals surface area contributed by atoms with Crippen molar-refractivity contribution in [2.24, 2.45) is 0 Å². The molecule has 102 valence electrons. The molecule has 0 heterocycles. The van der Waals surface area contributed by atoms with Crippen molar-refractivity contribution >= 4 is 0 Å². The van der Waals surface area contributed by atoms with Crippen LogP contribution in [-0.2, 0) is 9.47 Å². The topological polar surface area (TPSA) is 47.9 Å². The minimum absolute atomic E-state index is 0.311. The standard InChI is InChI=1S/C14H22O4/c1-4-16-14(17-5-2)10-18-13-9-7-6-8-12(13)11(3)15/h6-9,11,14-15H,4-5,10H2,1-3H3/t11-/m0/s1. The average Bonchev–Trinajstić information content (AvgIpc) is 2.36. The van der Waals surface area contributed by atoms with Crippen molar-refractivity contribution in [3.8, 4) is 5.75 Å². The largest absolute Gasteiger partial charge is 0.488 e. The van der Waals surface area contributed by atoms with Gasteiger partial charge in [0.25, 0.3) is 0 Å². The fourth-order valence-electron chi connectivity index (χ4n) is 1.63. The Morgan fingerprint density at radius 3 is 2.28 bits per heavy atom. The Hall–Kier alpha value is -1.10.